The lowest BCUT2D eigenvalue weighted by atomic mass is 10.2. The topological polar surface area (TPSA) is 94.9 Å². The molecule has 5 heteroatoms. The van der Waals surface area contributed by atoms with Gasteiger partial charge in [0.05, 0.1) is 11.4 Å². The second-order valence-electron chi connectivity index (χ2n) is 5.31. The maximum atomic E-state index is 12.6. The SMILES string of the molecule is Nc1ccc2[nH]c(C(=O)c3cc4cc(O)ccc4[nH]3)cc2c1. The maximum Gasteiger partial charge on any atom is 0.225 e. The summed E-state index contributed by atoms with van der Waals surface area (Å²) in [6.45, 7) is 0. The molecule has 0 aliphatic rings. The summed E-state index contributed by atoms with van der Waals surface area (Å²) in [5.74, 6) is 0.0389. The molecule has 0 saturated heterocycles. The molecular weight excluding hydrogens is 278 g/mol. The molecule has 0 atom stereocenters. The lowest BCUT2D eigenvalue weighted by Crippen LogP contribution is -2.01. The number of carbonyl (C=O) groups is 1. The Morgan fingerprint density at radius 1 is 0.864 bits per heavy atom. The number of nitrogens with two attached hydrogens (primary N) is 1. The third-order valence-corrected chi connectivity index (χ3v) is 3.74. The first-order chi connectivity index (χ1) is 10.6. The molecule has 0 amide bonds. The van der Waals surface area contributed by atoms with E-state index in [4.69, 9.17) is 5.73 Å². The first-order valence-corrected chi connectivity index (χ1v) is 6.85. The number of anilines is 1. The molecule has 2 heterocycles. The highest BCUT2D eigenvalue weighted by atomic mass is 16.3. The van der Waals surface area contributed by atoms with Crippen LogP contribution < -0.4 is 5.73 Å². The van der Waals surface area contributed by atoms with Gasteiger partial charge in [-0.2, -0.15) is 0 Å². The Kier molecular flexibility index (Phi) is 2.50. The van der Waals surface area contributed by atoms with Crippen LogP contribution in [0.1, 0.15) is 16.2 Å². The molecule has 2 aromatic heterocycles. The van der Waals surface area contributed by atoms with Gasteiger partial charge in [0, 0.05) is 27.5 Å². The molecule has 0 aliphatic carbocycles. The molecule has 108 valence electrons. The molecule has 0 unspecified atom stereocenters. The van der Waals surface area contributed by atoms with Gasteiger partial charge in [-0.05, 0) is 48.5 Å². The monoisotopic (exact) mass is 291 g/mol. The molecule has 0 spiro atoms. The third kappa shape index (κ3) is 1.91. The van der Waals surface area contributed by atoms with Gasteiger partial charge in [0.2, 0.25) is 5.78 Å². The van der Waals surface area contributed by atoms with Crippen molar-refractivity contribution in [3.8, 4) is 5.75 Å². The zero-order valence-corrected chi connectivity index (χ0v) is 11.6. The molecule has 0 saturated carbocycles. The normalized spacial score (nSPS) is 11.3. The lowest BCUT2D eigenvalue weighted by Gasteiger charge is -1.93. The number of ketones is 1. The molecule has 2 aromatic carbocycles. The average molecular weight is 291 g/mol. The summed E-state index contributed by atoms with van der Waals surface area (Å²) in [5, 5.41) is 11.2. The van der Waals surface area contributed by atoms with Gasteiger partial charge >= 0.3 is 0 Å². The van der Waals surface area contributed by atoms with E-state index in [-0.39, 0.29) is 11.5 Å². The number of phenolic OH excluding ortho intramolecular Hbond substituents is 1. The van der Waals surface area contributed by atoms with E-state index in [9.17, 15) is 9.90 Å². The third-order valence-electron chi connectivity index (χ3n) is 3.74. The van der Waals surface area contributed by atoms with Crippen LogP contribution in [0.4, 0.5) is 5.69 Å². The number of aromatic hydroxyl groups is 1. The standard InChI is InChI=1S/C17H13N3O2/c18-11-1-3-13-9(5-11)7-15(19-13)17(22)16-8-10-6-12(21)2-4-14(10)20-16/h1-8,19-21H,18H2. The van der Waals surface area contributed by atoms with Gasteiger partial charge in [-0.1, -0.05) is 0 Å². The first kappa shape index (κ1) is 12.5. The largest absolute Gasteiger partial charge is 0.508 e. The van der Waals surface area contributed by atoms with Crippen molar-refractivity contribution in [1.29, 1.82) is 0 Å². The van der Waals surface area contributed by atoms with Crippen LogP contribution in [0.5, 0.6) is 5.75 Å². The fraction of sp³-hybridized carbons (Fsp3) is 0. The molecule has 5 nitrogen and oxygen atoms in total. The van der Waals surface area contributed by atoms with E-state index in [1.165, 1.54) is 0 Å². The lowest BCUT2D eigenvalue weighted by molar-refractivity contribution is 0.103. The number of H-pyrrole nitrogens is 2. The Balaban J connectivity index is 1.80. The van der Waals surface area contributed by atoms with Crippen LogP contribution in [-0.4, -0.2) is 20.9 Å². The summed E-state index contributed by atoms with van der Waals surface area (Å²) < 4.78 is 0. The Morgan fingerprint density at radius 3 is 2.14 bits per heavy atom. The van der Waals surface area contributed by atoms with Crippen molar-refractivity contribution >= 4 is 33.3 Å². The molecule has 0 fully saturated rings. The summed E-state index contributed by atoms with van der Waals surface area (Å²) in [5.41, 5.74) is 9.06. The summed E-state index contributed by atoms with van der Waals surface area (Å²) in [7, 11) is 0. The van der Waals surface area contributed by atoms with E-state index >= 15 is 0 Å². The minimum absolute atomic E-state index is 0.134. The minimum Gasteiger partial charge on any atom is -0.508 e. The number of nitrogen functional groups attached to an aromatic ring is 1. The quantitative estimate of drug-likeness (QED) is 0.337. The average Bonchev–Trinajstić information content (AvgIpc) is 3.08. The van der Waals surface area contributed by atoms with E-state index in [2.05, 4.69) is 9.97 Å². The number of hydrogen-bond acceptors (Lipinski definition) is 3. The van der Waals surface area contributed by atoms with Crippen LogP contribution in [0.15, 0.2) is 48.5 Å². The summed E-state index contributed by atoms with van der Waals surface area (Å²) in [6, 6.07) is 13.9. The first-order valence-electron chi connectivity index (χ1n) is 6.85. The van der Waals surface area contributed by atoms with Crippen LogP contribution in [0.25, 0.3) is 21.8 Å². The smallest absolute Gasteiger partial charge is 0.225 e. The number of nitrogens with one attached hydrogen (secondary N) is 2. The van der Waals surface area contributed by atoms with Crippen molar-refractivity contribution < 1.29 is 9.90 Å². The van der Waals surface area contributed by atoms with Gasteiger partial charge in [-0.3, -0.25) is 4.79 Å². The number of rotatable bonds is 2. The van der Waals surface area contributed by atoms with Gasteiger partial charge in [-0.15, -0.1) is 0 Å². The highest BCUT2D eigenvalue weighted by molar-refractivity contribution is 6.11. The maximum absolute atomic E-state index is 12.6. The minimum atomic E-state index is -0.134. The summed E-state index contributed by atoms with van der Waals surface area (Å²) in [4.78, 5) is 18.8. The molecule has 0 aliphatic heterocycles. The van der Waals surface area contributed by atoms with Crippen molar-refractivity contribution in [3.63, 3.8) is 0 Å². The zero-order valence-electron chi connectivity index (χ0n) is 11.6. The van der Waals surface area contributed by atoms with Gasteiger partial charge in [0.1, 0.15) is 5.75 Å². The zero-order chi connectivity index (χ0) is 15.3. The van der Waals surface area contributed by atoms with Crippen molar-refractivity contribution in [1.82, 2.24) is 9.97 Å². The van der Waals surface area contributed by atoms with Crippen molar-refractivity contribution in [3.05, 3.63) is 59.9 Å². The molecule has 4 rings (SSSR count). The molecule has 4 aromatic rings. The van der Waals surface area contributed by atoms with Crippen LogP contribution in [0.3, 0.4) is 0 Å². The number of hydrogen-bond donors (Lipinski definition) is 4. The Labute approximate surface area is 125 Å². The Morgan fingerprint density at radius 2 is 1.45 bits per heavy atom. The highest BCUT2D eigenvalue weighted by Gasteiger charge is 2.15. The fourth-order valence-electron chi connectivity index (χ4n) is 2.66. The molecule has 22 heavy (non-hydrogen) atoms. The molecule has 0 radical (unpaired) electrons. The van der Waals surface area contributed by atoms with Crippen molar-refractivity contribution in [2.45, 2.75) is 0 Å². The summed E-state index contributed by atoms with van der Waals surface area (Å²) in [6.07, 6.45) is 0. The van der Waals surface area contributed by atoms with Gasteiger partial charge in [-0.25, -0.2) is 0 Å². The second kappa shape index (κ2) is 4.39. The summed E-state index contributed by atoms with van der Waals surface area (Å²) >= 11 is 0. The molecule has 0 bridgehead atoms. The van der Waals surface area contributed by atoms with E-state index in [1.807, 2.05) is 12.1 Å². The predicted molar refractivity (Wildman–Crippen MR) is 86.1 cm³/mol. The predicted octanol–water partition coefficient (Wildman–Crippen LogP) is 3.17. The number of aromatic nitrogens is 2. The van der Waals surface area contributed by atoms with Crippen LogP contribution in [0.2, 0.25) is 0 Å². The molecule has 5 N–H and O–H groups in total. The van der Waals surface area contributed by atoms with E-state index < -0.39 is 0 Å². The van der Waals surface area contributed by atoms with Crippen molar-refractivity contribution in [2.24, 2.45) is 0 Å². The second-order valence-corrected chi connectivity index (χ2v) is 5.31. The van der Waals surface area contributed by atoms with Gasteiger partial charge in [0.15, 0.2) is 0 Å². The van der Waals surface area contributed by atoms with Gasteiger partial charge in [0.25, 0.3) is 0 Å². The van der Waals surface area contributed by atoms with Crippen LogP contribution >= 0.6 is 0 Å². The molecular formula is C17H13N3O2. The Bertz CT molecular complexity index is 945. The van der Waals surface area contributed by atoms with Crippen LogP contribution in [0, 0.1) is 0 Å². The number of phenols is 1. The number of benzene rings is 2. The number of fused-ring (bicyclic) bond motifs is 2. The Hall–Kier alpha value is -3.21. The van der Waals surface area contributed by atoms with E-state index in [0.29, 0.717) is 17.1 Å². The highest BCUT2D eigenvalue weighted by Crippen LogP contribution is 2.24. The van der Waals surface area contributed by atoms with Gasteiger partial charge < -0.3 is 20.8 Å². The number of aromatic amines is 2. The van der Waals surface area contributed by atoms with E-state index in [1.54, 1.807) is 36.4 Å². The van der Waals surface area contributed by atoms with E-state index in [0.717, 1.165) is 21.8 Å². The fourth-order valence-corrected chi connectivity index (χ4v) is 2.66. The number of carbonyl (C=O) groups excluding carboxylic acids is 1. The van der Waals surface area contributed by atoms with Crippen molar-refractivity contribution in [2.75, 3.05) is 5.73 Å². The van der Waals surface area contributed by atoms with Crippen LogP contribution in [-0.2, 0) is 0 Å².